The fourth-order valence-electron chi connectivity index (χ4n) is 2.24. The van der Waals surface area contributed by atoms with Gasteiger partial charge in [0.15, 0.2) is 5.76 Å². The molecular weight excluding hydrogens is 218 g/mol. The second kappa shape index (κ2) is 5.31. The molecule has 1 aliphatic rings. The third kappa shape index (κ3) is 2.85. The smallest absolute Gasteiger partial charge is 0.240 e. The van der Waals surface area contributed by atoms with Crippen LogP contribution in [0.15, 0.2) is 16.8 Å². The van der Waals surface area contributed by atoms with E-state index in [-0.39, 0.29) is 11.9 Å². The summed E-state index contributed by atoms with van der Waals surface area (Å²) in [6.07, 6.45) is 3.55. The normalized spacial score (nSPS) is 26.0. The van der Waals surface area contributed by atoms with E-state index in [2.05, 4.69) is 17.4 Å². The summed E-state index contributed by atoms with van der Waals surface area (Å²) in [4.78, 5) is 14.1. The summed E-state index contributed by atoms with van der Waals surface area (Å²) in [7, 11) is 1.84. The molecule has 2 heterocycles. The molecule has 0 spiro atoms. The Hall–Kier alpha value is -1.36. The van der Waals surface area contributed by atoms with Gasteiger partial charge in [-0.05, 0) is 25.8 Å². The van der Waals surface area contributed by atoms with Crippen molar-refractivity contribution >= 4 is 5.91 Å². The van der Waals surface area contributed by atoms with Crippen molar-refractivity contribution in [3.05, 3.63) is 18.0 Å². The average molecular weight is 237 g/mol. The van der Waals surface area contributed by atoms with E-state index in [1.165, 1.54) is 0 Å². The van der Waals surface area contributed by atoms with E-state index >= 15 is 0 Å². The molecule has 1 aromatic rings. The zero-order chi connectivity index (χ0) is 12.3. The van der Waals surface area contributed by atoms with Gasteiger partial charge >= 0.3 is 0 Å². The van der Waals surface area contributed by atoms with Crippen LogP contribution in [-0.2, 0) is 11.3 Å². The summed E-state index contributed by atoms with van der Waals surface area (Å²) in [5.41, 5.74) is 0. The van der Waals surface area contributed by atoms with E-state index in [0.29, 0.717) is 12.5 Å². The molecule has 17 heavy (non-hydrogen) atoms. The predicted octanol–water partition coefficient (Wildman–Crippen LogP) is 1.02. The third-order valence-electron chi connectivity index (χ3n) is 3.33. The van der Waals surface area contributed by atoms with E-state index in [9.17, 15) is 4.79 Å². The van der Waals surface area contributed by atoms with Crippen molar-refractivity contribution in [2.24, 2.45) is 5.92 Å². The Balaban J connectivity index is 2.07. The van der Waals surface area contributed by atoms with Crippen LogP contribution in [0.1, 0.15) is 25.5 Å². The van der Waals surface area contributed by atoms with Gasteiger partial charge in [0.25, 0.3) is 0 Å². The Morgan fingerprint density at radius 2 is 2.47 bits per heavy atom. The number of amides is 1. The maximum atomic E-state index is 12.2. The first kappa shape index (κ1) is 12.1. The number of hydrogen-bond acceptors (Lipinski definition) is 4. The van der Waals surface area contributed by atoms with Crippen molar-refractivity contribution in [1.82, 2.24) is 15.4 Å². The summed E-state index contributed by atoms with van der Waals surface area (Å²) in [5.74, 6) is 1.46. The highest BCUT2D eigenvalue weighted by atomic mass is 16.5. The fraction of sp³-hybridized carbons (Fsp3) is 0.667. The lowest BCUT2D eigenvalue weighted by molar-refractivity contribution is -0.133. The number of rotatable bonds is 3. The molecular formula is C12H19N3O2. The Morgan fingerprint density at radius 3 is 3.12 bits per heavy atom. The number of carbonyl (C=O) groups excluding carboxylic acids is 1. The van der Waals surface area contributed by atoms with Crippen LogP contribution >= 0.6 is 0 Å². The molecule has 2 unspecified atom stereocenters. The second-order valence-electron chi connectivity index (χ2n) is 4.71. The van der Waals surface area contributed by atoms with Crippen LogP contribution in [0.3, 0.4) is 0 Å². The standard InChI is InChI=1S/C12H19N3O2/c1-9-4-6-15(8-10-3-5-14-17-10)12(16)11(7-9)13-2/h3,5,9,11,13H,4,6-8H2,1-2H3. The number of likely N-dealkylation sites (N-methyl/N-ethyl adjacent to an activating group) is 1. The quantitative estimate of drug-likeness (QED) is 0.852. The SMILES string of the molecule is CNC1CC(C)CCN(Cc2ccno2)C1=O. The van der Waals surface area contributed by atoms with Crippen LogP contribution in [0, 0.1) is 5.92 Å². The number of aromatic nitrogens is 1. The molecule has 2 atom stereocenters. The largest absolute Gasteiger partial charge is 0.360 e. The van der Waals surface area contributed by atoms with Crippen molar-refractivity contribution in [2.45, 2.75) is 32.4 Å². The van der Waals surface area contributed by atoms with Crippen LogP contribution in [0.2, 0.25) is 0 Å². The van der Waals surface area contributed by atoms with E-state index in [1.54, 1.807) is 12.3 Å². The summed E-state index contributed by atoms with van der Waals surface area (Å²) < 4.78 is 5.06. The van der Waals surface area contributed by atoms with Gasteiger partial charge in [0.2, 0.25) is 5.91 Å². The highest BCUT2D eigenvalue weighted by Crippen LogP contribution is 2.19. The molecule has 0 aliphatic carbocycles. The molecule has 5 heteroatoms. The number of likely N-dealkylation sites (tertiary alicyclic amines) is 1. The van der Waals surface area contributed by atoms with Gasteiger partial charge in [0.05, 0.1) is 18.8 Å². The highest BCUT2D eigenvalue weighted by Gasteiger charge is 2.29. The van der Waals surface area contributed by atoms with Crippen molar-refractivity contribution in [3.8, 4) is 0 Å². The third-order valence-corrected chi connectivity index (χ3v) is 3.33. The molecule has 1 N–H and O–H groups in total. The van der Waals surface area contributed by atoms with Gasteiger partial charge in [-0.15, -0.1) is 0 Å². The van der Waals surface area contributed by atoms with Crippen LogP contribution in [-0.4, -0.2) is 35.6 Å². The van der Waals surface area contributed by atoms with Crippen molar-refractivity contribution in [3.63, 3.8) is 0 Å². The zero-order valence-corrected chi connectivity index (χ0v) is 10.3. The first-order valence-electron chi connectivity index (χ1n) is 6.06. The predicted molar refractivity (Wildman–Crippen MR) is 63.2 cm³/mol. The summed E-state index contributed by atoms with van der Waals surface area (Å²) in [6.45, 7) is 3.50. The lowest BCUT2D eigenvalue weighted by Crippen LogP contribution is -2.43. The van der Waals surface area contributed by atoms with Gasteiger partial charge in [0.1, 0.15) is 0 Å². The molecule has 0 saturated carbocycles. The molecule has 1 amide bonds. The lowest BCUT2D eigenvalue weighted by Gasteiger charge is -2.22. The van der Waals surface area contributed by atoms with E-state index in [4.69, 9.17) is 4.52 Å². The molecule has 1 fully saturated rings. The molecule has 0 aromatic carbocycles. The number of hydrogen-bond donors (Lipinski definition) is 1. The fourth-order valence-corrected chi connectivity index (χ4v) is 2.24. The molecule has 5 nitrogen and oxygen atoms in total. The van der Waals surface area contributed by atoms with E-state index < -0.39 is 0 Å². The van der Waals surface area contributed by atoms with Crippen LogP contribution in [0.4, 0.5) is 0 Å². The minimum Gasteiger partial charge on any atom is -0.360 e. The first-order valence-corrected chi connectivity index (χ1v) is 6.06. The average Bonchev–Trinajstić information content (AvgIpc) is 2.78. The number of nitrogens with zero attached hydrogens (tertiary/aromatic N) is 2. The Kier molecular flexibility index (Phi) is 3.78. The summed E-state index contributed by atoms with van der Waals surface area (Å²) in [5, 5.41) is 6.76. The molecule has 1 aliphatic heterocycles. The lowest BCUT2D eigenvalue weighted by atomic mass is 10.0. The molecule has 94 valence electrons. The monoisotopic (exact) mass is 237 g/mol. The molecule has 2 rings (SSSR count). The Bertz CT molecular complexity index is 364. The maximum absolute atomic E-state index is 12.2. The minimum atomic E-state index is -0.0737. The topological polar surface area (TPSA) is 58.4 Å². The van der Waals surface area contributed by atoms with Crippen LogP contribution in [0.5, 0.6) is 0 Å². The highest BCUT2D eigenvalue weighted by molar-refractivity contribution is 5.82. The van der Waals surface area contributed by atoms with Crippen molar-refractivity contribution in [2.75, 3.05) is 13.6 Å². The second-order valence-corrected chi connectivity index (χ2v) is 4.71. The molecule has 1 aromatic heterocycles. The van der Waals surface area contributed by atoms with Gasteiger partial charge in [0, 0.05) is 12.6 Å². The van der Waals surface area contributed by atoms with Gasteiger partial charge in [-0.1, -0.05) is 12.1 Å². The van der Waals surface area contributed by atoms with E-state index in [0.717, 1.165) is 25.1 Å². The van der Waals surface area contributed by atoms with Gasteiger partial charge in [-0.2, -0.15) is 0 Å². The van der Waals surface area contributed by atoms with Crippen LogP contribution in [0.25, 0.3) is 0 Å². The van der Waals surface area contributed by atoms with Gasteiger partial charge < -0.3 is 14.7 Å². The Labute approximate surface area is 101 Å². The molecule has 1 saturated heterocycles. The van der Waals surface area contributed by atoms with Gasteiger partial charge in [-0.25, -0.2) is 0 Å². The van der Waals surface area contributed by atoms with Crippen LogP contribution < -0.4 is 5.32 Å². The zero-order valence-electron chi connectivity index (χ0n) is 10.3. The van der Waals surface area contributed by atoms with Crippen molar-refractivity contribution in [1.29, 1.82) is 0 Å². The first-order chi connectivity index (χ1) is 8.20. The maximum Gasteiger partial charge on any atom is 0.240 e. The Morgan fingerprint density at radius 1 is 1.65 bits per heavy atom. The summed E-state index contributed by atoms with van der Waals surface area (Å²) in [6, 6.07) is 1.73. The molecule has 0 radical (unpaired) electrons. The van der Waals surface area contributed by atoms with Crippen molar-refractivity contribution < 1.29 is 9.32 Å². The van der Waals surface area contributed by atoms with Gasteiger partial charge in [-0.3, -0.25) is 4.79 Å². The number of nitrogens with one attached hydrogen (secondary N) is 1. The van der Waals surface area contributed by atoms with E-state index in [1.807, 2.05) is 11.9 Å². The summed E-state index contributed by atoms with van der Waals surface area (Å²) >= 11 is 0. The minimum absolute atomic E-state index is 0.0737. The molecule has 0 bridgehead atoms. The number of carbonyl (C=O) groups is 1.